The molecule has 0 saturated heterocycles. The van der Waals surface area contributed by atoms with Gasteiger partial charge in [-0.1, -0.05) is 164 Å². The molecular formula is C48H80O6. The minimum atomic E-state index is -0.816. The van der Waals surface area contributed by atoms with Crippen LogP contribution in [-0.4, -0.2) is 37.2 Å². The zero-order valence-electron chi connectivity index (χ0n) is 35.0. The maximum Gasteiger partial charge on any atom is 0.309 e. The van der Waals surface area contributed by atoms with Crippen LogP contribution in [0.5, 0.6) is 0 Å². The molecule has 0 N–H and O–H groups in total. The van der Waals surface area contributed by atoms with E-state index in [2.05, 4.69) is 81.5 Å². The van der Waals surface area contributed by atoms with Crippen LogP contribution in [0.25, 0.3) is 0 Å². The van der Waals surface area contributed by atoms with Gasteiger partial charge in [-0.3, -0.25) is 14.4 Å². The Hall–Kier alpha value is -3.15. The summed E-state index contributed by atoms with van der Waals surface area (Å²) >= 11 is 0. The highest BCUT2D eigenvalue weighted by Gasteiger charge is 2.19. The maximum absolute atomic E-state index is 12.7. The van der Waals surface area contributed by atoms with Crippen molar-refractivity contribution in [1.29, 1.82) is 0 Å². The monoisotopic (exact) mass is 753 g/mol. The molecule has 0 aliphatic heterocycles. The number of carbonyl (C=O) groups excluding carboxylic acids is 3. The fourth-order valence-electron chi connectivity index (χ4n) is 5.66. The van der Waals surface area contributed by atoms with Crippen LogP contribution >= 0.6 is 0 Å². The van der Waals surface area contributed by atoms with Crippen molar-refractivity contribution < 1.29 is 28.6 Å². The highest BCUT2D eigenvalue weighted by molar-refractivity contribution is 5.72. The first kappa shape index (κ1) is 50.9. The molecule has 308 valence electrons. The lowest BCUT2D eigenvalue weighted by atomic mass is 10.1. The van der Waals surface area contributed by atoms with Crippen LogP contribution in [0.2, 0.25) is 0 Å². The molecule has 0 saturated carbocycles. The first-order chi connectivity index (χ1) is 26.5. The van der Waals surface area contributed by atoms with E-state index in [9.17, 15) is 14.4 Å². The summed E-state index contributed by atoms with van der Waals surface area (Å²) in [7, 11) is 0. The molecule has 0 rings (SSSR count). The van der Waals surface area contributed by atoms with E-state index in [1.165, 1.54) is 70.6 Å². The normalized spacial score (nSPS) is 12.7. The van der Waals surface area contributed by atoms with E-state index in [1.807, 2.05) is 6.08 Å². The number of unbranched alkanes of at least 4 members (excludes halogenated alkanes) is 17. The third-order valence-electron chi connectivity index (χ3n) is 8.98. The molecule has 0 aliphatic carbocycles. The predicted molar refractivity (Wildman–Crippen MR) is 228 cm³/mol. The topological polar surface area (TPSA) is 78.9 Å². The van der Waals surface area contributed by atoms with Crippen molar-refractivity contribution in [3.8, 4) is 0 Å². The van der Waals surface area contributed by atoms with Gasteiger partial charge in [0, 0.05) is 12.8 Å². The van der Waals surface area contributed by atoms with Gasteiger partial charge < -0.3 is 14.2 Å². The minimum absolute atomic E-state index is 0.113. The summed E-state index contributed by atoms with van der Waals surface area (Å²) in [5.74, 6) is -1.07. The summed E-state index contributed by atoms with van der Waals surface area (Å²) in [6.07, 6.45) is 52.0. The van der Waals surface area contributed by atoms with Crippen molar-refractivity contribution in [2.75, 3.05) is 13.2 Å². The molecule has 0 heterocycles. The van der Waals surface area contributed by atoms with Crippen LogP contribution < -0.4 is 0 Å². The van der Waals surface area contributed by atoms with E-state index < -0.39 is 12.1 Å². The van der Waals surface area contributed by atoms with Crippen LogP contribution in [0.3, 0.4) is 0 Å². The van der Waals surface area contributed by atoms with Crippen molar-refractivity contribution >= 4 is 17.9 Å². The van der Waals surface area contributed by atoms with Crippen molar-refractivity contribution in [3.63, 3.8) is 0 Å². The fourth-order valence-corrected chi connectivity index (χ4v) is 5.66. The molecule has 54 heavy (non-hydrogen) atoms. The molecule has 0 aromatic carbocycles. The first-order valence-electron chi connectivity index (χ1n) is 22.0. The summed E-state index contributed by atoms with van der Waals surface area (Å²) in [6, 6.07) is 0. The number of hydrogen-bond donors (Lipinski definition) is 0. The molecule has 0 aromatic heterocycles. The summed E-state index contributed by atoms with van der Waals surface area (Å²) in [6.45, 7) is 6.32. The smallest absolute Gasteiger partial charge is 0.309 e. The van der Waals surface area contributed by atoms with Crippen LogP contribution in [0.4, 0.5) is 0 Å². The molecule has 1 atom stereocenters. The Balaban J connectivity index is 4.46. The zero-order valence-corrected chi connectivity index (χ0v) is 35.0. The number of ether oxygens (including phenoxy) is 3. The summed E-state index contributed by atoms with van der Waals surface area (Å²) in [5.41, 5.74) is 0. The van der Waals surface area contributed by atoms with Gasteiger partial charge >= 0.3 is 17.9 Å². The van der Waals surface area contributed by atoms with E-state index >= 15 is 0 Å². The van der Waals surface area contributed by atoms with Gasteiger partial charge in [-0.2, -0.15) is 0 Å². The highest BCUT2D eigenvalue weighted by atomic mass is 16.6. The molecule has 1 unspecified atom stereocenters. The third kappa shape index (κ3) is 40.0. The Kier molecular flexibility index (Phi) is 40.1. The van der Waals surface area contributed by atoms with Gasteiger partial charge in [0.25, 0.3) is 0 Å². The molecule has 0 aromatic rings. The van der Waals surface area contributed by atoms with Crippen molar-refractivity contribution in [2.45, 2.75) is 200 Å². The minimum Gasteiger partial charge on any atom is -0.462 e. The van der Waals surface area contributed by atoms with Crippen molar-refractivity contribution in [1.82, 2.24) is 0 Å². The van der Waals surface area contributed by atoms with Gasteiger partial charge in [-0.05, 0) is 83.5 Å². The zero-order chi connectivity index (χ0) is 39.4. The van der Waals surface area contributed by atoms with Gasteiger partial charge in [0.05, 0.1) is 6.42 Å². The van der Waals surface area contributed by atoms with E-state index in [0.29, 0.717) is 12.8 Å². The predicted octanol–water partition coefficient (Wildman–Crippen LogP) is 13.9. The van der Waals surface area contributed by atoms with Gasteiger partial charge in [-0.15, -0.1) is 0 Å². The molecule has 0 radical (unpaired) electrons. The number of carbonyl (C=O) groups is 3. The second-order valence-corrected chi connectivity index (χ2v) is 14.3. The number of hydrogen-bond acceptors (Lipinski definition) is 6. The second kappa shape index (κ2) is 42.6. The van der Waals surface area contributed by atoms with Crippen LogP contribution in [-0.2, 0) is 28.6 Å². The van der Waals surface area contributed by atoms with Crippen LogP contribution in [0, 0.1) is 0 Å². The maximum atomic E-state index is 12.7. The summed E-state index contributed by atoms with van der Waals surface area (Å²) in [5, 5.41) is 0. The van der Waals surface area contributed by atoms with E-state index in [-0.39, 0.29) is 31.6 Å². The Morgan fingerprint density at radius 1 is 0.426 bits per heavy atom. The van der Waals surface area contributed by atoms with Crippen molar-refractivity contribution in [2.24, 2.45) is 0 Å². The number of esters is 3. The highest BCUT2D eigenvalue weighted by Crippen LogP contribution is 2.12. The molecule has 6 heteroatoms. The molecule has 0 amide bonds. The van der Waals surface area contributed by atoms with Crippen molar-refractivity contribution in [3.05, 3.63) is 72.9 Å². The summed E-state index contributed by atoms with van der Waals surface area (Å²) in [4.78, 5) is 37.6. The average molecular weight is 753 g/mol. The molecule has 0 fully saturated rings. The molecule has 0 aliphatic rings. The Bertz CT molecular complexity index is 1050. The number of rotatable bonds is 38. The SMILES string of the molecule is CC/C=C\C/C=C\C/C=C\CC(=O)OCC(COC(=O)CCCCCCCC/C=C\C=C/CCCCC)OC(=O)CCCCCCC/C=C\CCCCC. The molecule has 0 bridgehead atoms. The van der Waals surface area contributed by atoms with E-state index in [1.54, 1.807) is 6.08 Å². The average Bonchev–Trinajstić information content (AvgIpc) is 3.17. The van der Waals surface area contributed by atoms with Gasteiger partial charge in [-0.25, -0.2) is 0 Å². The van der Waals surface area contributed by atoms with E-state index in [4.69, 9.17) is 14.2 Å². The first-order valence-corrected chi connectivity index (χ1v) is 22.0. The van der Waals surface area contributed by atoms with Crippen LogP contribution in [0.15, 0.2) is 72.9 Å². The second-order valence-electron chi connectivity index (χ2n) is 14.3. The fraction of sp³-hybridized carbons (Fsp3) is 0.688. The Labute approximate surface area is 332 Å². The van der Waals surface area contributed by atoms with Crippen LogP contribution in [0.1, 0.15) is 194 Å². The van der Waals surface area contributed by atoms with E-state index in [0.717, 1.165) is 83.5 Å². The van der Waals surface area contributed by atoms with Gasteiger partial charge in [0.2, 0.25) is 0 Å². The Morgan fingerprint density at radius 2 is 0.852 bits per heavy atom. The third-order valence-corrected chi connectivity index (χ3v) is 8.98. The molecule has 0 spiro atoms. The summed E-state index contributed by atoms with van der Waals surface area (Å²) < 4.78 is 16.5. The quantitative estimate of drug-likeness (QED) is 0.0205. The lowest BCUT2D eigenvalue weighted by molar-refractivity contribution is -0.166. The standard InChI is InChI=1S/C48H80O6/c1-4-7-10-13-16-19-21-23-24-25-27-29-32-35-38-41-47(50)53-44-45(43-52-46(49)40-37-34-31-28-18-15-12-9-6-3)54-48(51)42-39-36-33-30-26-22-20-17-14-11-8-5-2/h9,12,16-21,23,28,34,37,45H,4-8,10-11,13-15,22,24-27,29-33,35-36,38-44H2,1-3H3/b12-9-,19-16-,20-17-,23-21-,28-18-,37-34-. The molecular weight excluding hydrogens is 673 g/mol. The largest absolute Gasteiger partial charge is 0.462 e. The number of allylic oxidation sites excluding steroid dienone is 11. The Morgan fingerprint density at radius 3 is 1.39 bits per heavy atom. The van der Waals surface area contributed by atoms with Gasteiger partial charge in [0.15, 0.2) is 6.10 Å². The lowest BCUT2D eigenvalue weighted by Gasteiger charge is -2.18. The lowest BCUT2D eigenvalue weighted by Crippen LogP contribution is -2.30. The van der Waals surface area contributed by atoms with Gasteiger partial charge in [0.1, 0.15) is 13.2 Å². The molecule has 6 nitrogen and oxygen atoms in total.